The average molecular weight is 324 g/mol. The number of halogens is 1. The Balaban J connectivity index is 1.93. The van der Waals surface area contributed by atoms with Crippen molar-refractivity contribution in [3.63, 3.8) is 0 Å². The monoisotopic (exact) mass is 324 g/mol. The lowest BCUT2D eigenvalue weighted by Crippen LogP contribution is -2.24. The molecule has 0 bridgehead atoms. The third kappa shape index (κ3) is 4.43. The lowest BCUT2D eigenvalue weighted by atomic mass is 10.1. The topological polar surface area (TPSA) is 49.4 Å². The number of nitrogens with zero attached hydrogens (tertiary/aromatic N) is 1. The van der Waals surface area contributed by atoms with Gasteiger partial charge in [0.25, 0.3) is 11.8 Å². The van der Waals surface area contributed by atoms with Crippen molar-refractivity contribution < 1.29 is 14.0 Å². The summed E-state index contributed by atoms with van der Waals surface area (Å²) in [5, 5.41) is 2.54. The molecule has 0 unspecified atom stereocenters. The lowest BCUT2D eigenvalue weighted by Gasteiger charge is -2.09. The van der Waals surface area contributed by atoms with Gasteiger partial charge < -0.3 is 10.2 Å². The van der Waals surface area contributed by atoms with E-state index < -0.39 is 11.7 Å². The van der Waals surface area contributed by atoms with Crippen molar-refractivity contribution in [1.29, 1.82) is 0 Å². The van der Waals surface area contributed by atoms with E-state index in [0.717, 1.165) is 5.56 Å². The standard InChI is InChI=1S/C19H17FN2O2/c1-22(2)19(24)15-11-9-14(10-12-15)6-5-13-21-18(23)16-7-3-4-8-17(16)20/h3-4,7-12H,13H2,1-2H3,(H,21,23). The van der Waals surface area contributed by atoms with Crippen molar-refractivity contribution >= 4 is 11.8 Å². The molecular weight excluding hydrogens is 307 g/mol. The van der Waals surface area contributed by atoms with Crippen molar-refractivity contribution in [1.82, 2.24) is 10.2 Å². The molecule has 0 radical (unpaired) electrons. The van der Waals surface area contributed by atoms with Gasteiger partial charge in [0.05, 0.1) is 12.1 Å². The zero-order valence-electron chi connectivity index (χ0n) is 13.5. The van der Waals surface area contributed by atoms with E-state index in [1.54, 1.807) is 44.4 Å². The molecule has 4 nitrogen and oxygen atoms in total. The van der Waals surface area contributed by atoms with E-state index >= 15 is 0 Å². The van der Waals surface area contributed by atoms with Crippen LogP contribution in [-0.2, 0) is 0 Å². The molecule has 2 amide bonds. The fourth-order valence-corrected chi connectivity index (χ4v) is 1.97. The molecule has 24 heavy (non-hydrogen) atoms. The summed E-state index contributed by atoms with van der Waals surface area (Å²) in [5.74, 6) is 4.52. The zero-order chi connectivity index (χ0) is 17.5. The Kier molecular flexibility index (Phi) is 5.69. The van der Waals surface area contributed by atoms with Gasteiger partial charge in [-0.25, -0.2) is 4.39 Å². The number of benzene rings is 2. The van der Waals surface area contributed by atoms with Crippen LogP contribution < -0.4 is 5.32 Å². The van der Waals surface area contributed by atoms with Gasteiger partial charge in [-0.2, -0.15) is 0 Å². The molecule has 0 saturated carbocycles. The highest BCUT2D eigenvalue weighted by Gasteiger charge is 2.09. The molecule has 0 atom stereocenters. The summed E-state index contributed by atoms with van der Waals surface area (Å²) >= 11 is 0. The smallest absolute Gasteiger partial charge is 0.255 e. The van der Waals surface area contributed by atoms with Crippen LogP contribution in [-0.4, -0.2) is 37.4 Å². The van der Waals surface area contributed by atoms with E-state index in [2.05, 4.69) is 17.2 Å². The fourth-order valence-electron chi connectivity index (χ4n) is 1.97. The first-order chi connectivity index (χ1) is 11.5. The maximum atomic E-state index is 13.4. The van der Waals surface area contributed by atoms with E-state index in [-0.39, 0.29) is 18.0 Å². The quantitative estimate of drug-likeness (QED) is 0.881. The Morgan fingerprint density at radius 3 is 2.38 bits per heavy atom. The van der Waals surface area contributed by atoms with Gasteiger partial charge >= 0.3 is 0 Å². The molecule has 2 rings (SSSR count). The molecule has 5 heteroatoms. The van der Waals surface area contributed by atoms with E-state index in [1.165, 1.54) is 23.1 Å². The molecule has 0 aliphatic carbocycles. The maximum Gasteiger partial charge on any atom is 0.255 e. The average Bonchev–Trinajstić information content (AvgIpc) is 2.58. The first-order valence-electron chi connectivity index (χ1n) is 7.32. The predicted octanol–water partition coefficient (Wildman–Crippen LogP) is 2.31. The van der Waals surface area contributed by atoms with Gasteiger partial charge in [-0.05, 0) is 36.4 Å². The third-order valence-corrected chi connectivity index (χ3v) is 3.23. The minimum absolute atomic E-state index is 0.00847. The van der Waals surface area contributed by atoms with Crippen molar-refractivity contribution in [2.24, 2.45) is 0 Å². The van der Waals surface area contributed by atoms with Crippen LogP contribution in [0.1, 0.15) is 26.3 Å². The summed E-state index contributed by atoms with van der Waals surface area (Å²) in [6.45, 7) is 0.103. The van der Waals surface area contributed by atoms with Crippen LogP contribution in [0.15, 0.2) is 48.5 Å². The van der Waals surface area contributed by atoms with Gasteiger partial charge in [0.1, 0.15) is 5.82 Å². The number of amides is 2. The maximum absolute atomic E-state index is 13.4. The highest BCUT2D eigenvalue weighted by Crippen LogP contribution is 2.06. The molecule has 0 aromatic heterocycles. The number of nitrogens with one attached hydrogen (secondary N) is 1. The van der Waals surface area contributed by atoms with Gasteiger partial charge in [0, 0.05) is 25.2 Å². The molecule has 0 spiro atoms. The van der Waals surface area contributed by atoms with Crippen molar-refractivity contribution in [3.05, 3.63) is 71.0 Å². The Bertz CT molecular complexity index is 802. The summed E-state index contributed by atoms with van der Waals surface area (Å²) in [4.78, 5) is 25.1. The van der Waals surface area contributed by atoms with Crippen molar-refractivity contribution in [2.45, 2.75) is 0 Å². The number of carbonyl (C=O) groups excluding carboxylic acids is 2. The number of hydrogen-bond acceptors (Lipinski definition) is 2. The Morgan fingerprint density at radius 2 is 1.75 bits per heavy atom. The van der Waals surface area contributed by atoms with Crippen LogP contribution in [0, 0.1) is 17.7 Å². The molecule has 122 valence electrons. The van der Waals surface area contributed by atoms with Crippen LogP contribution in [0.3, 0.4) is 0 Å². The summed E-state index contributed by atoms with van der Waals surface area (Å²) in [6, 6.07) is 12.6. The second-order valence-electron chi connectivity index (χ2n) is 5.24. The normalized spacial score (nSPS) is 9.62. The van der Waals surface area contributed by atoms with E-state index in [4.69, 9.17) is 0 Å². The number of rotatable bonds is 3. The molecule has 2 aromatic rings. The summed E-state index contributed by atoms with van der Waals surface area (Å²) in [6.07, 6.45) is 0. The van der Waals surface area contributed by atoms with Crippen LogP contribution in [0.5, 0.6) is 0 Å². The molecular formula is C19H17FN2O2. The van der Waals surface area contributed by atoms with Crippen LogP contribution >= 0.6 is 0 Å². The lowest BCUT2D eigenvalue weighted by molar-refractivity contribution is 0.0827. The largest absolute Gasteiger partial charge is 0.345 e. The molecule has 0 aliphatic rings. The molecule has 0 fully saturated rings. The molecule has 0 aliphatic heterocycles. The Labute approximate surface area is 140 Å². The van der Waals surface area contributed by atoms with E-state index in [1.807, 2.05) is 0 Å². The van der Waals surface area contributed by atoms with Gasteiger partial charge in [-0.15, -0.1) is 0 Å². The third-order valence-electron chi connectivity index (χ3n) is 3.23. The predicted molar refractivity (Wildman–Crippen MR) is 90.1 cm³/mol. The molecule has 2 aromatic carbocycles. The molecule has 0 heterocycles. The van der Waals surface area contributed by atoms with Crippen molar-refractivity contribution in [2.75, 3.05) is 20.6 Å². The van der Waals surface area contributed by atoms with Gasteiger partial charge in [-0.3, -0.25) is 9.59 Å². The second kappa shape index (κ2) is 7.93. The fraction of sp³-hybridized carbons (Fsp3) is 0.158. The van der Waals surface area contributed by atoms with E-state index in [9.17, 15) is 14.0 Å². The van der Waals surface area contributed by atoms with Crippen molar-refractivity contribution in [3.8, 4) is 11.8 Å². The van der Waals surface area contributed by atoms with Crippen LogP contribution in [0.4, 0.5) is 4.39 Å². The second-order valence-corrected chi connectivity index (χ2v) is 5.24. The molecule has 1 N–H and O–H groups in total. The number of carbonyl (C=O) groups is 2. The first kappa shape index (κ1) is 17.2. The summed E-state index contributed by atoms with van der Waals surface area (Å²) < 4.78 is 13.4. The minimum Gasteiger partial charge on any atom is -0.345 e. The summed E-state index contributed by atoms with van der Waals surface area (Å²) in [7, 11) is 3.38. The van der Waals surface area contributed by atoms with Gasteiger partial charge in [0.2, 0.25) is 0 Å². The highest BCUT2D eigenvalue weighted by molar-refractivity contribution is 5.94. The Hall–Kier alpha value is -3.13. The number of hydrogen-bond donors (Lipinski definition) is 1. The van der Waals surface area contributed by atoms with Crippen LogP contribution in [0.2, 0.25) is 0 Å². The van der Waals surface area contributed by atoms with E-state index in [0.29, 0.717) is 5.56 Å². The molecule has 0 saturated heterocycles. The minimum atomic E-state index is -0.566. The SMILES string of the molecule is CN(C)C(=O)c1ccc(C#CCNC(=O)c2ccccc2F)cc1. The first-order valence-corrected chi connectivity index (χ1v) is 7.32. The van der Waals surface area contributed by atoms with Gasteiger partial charge in [0.15, 0.2) is 0 Å². The Morgan fingerprint density at radius 1 is 1.08 bits per heavy atom. The van der Waals surface area contributed by atoms with Gasteiger partial charge in [-0.1, -0.05) is 24.0 Å². The van der Waals surface area contributed by atoms with Crippen LogP contribution in [0.25, 0.3) is 0 Å². The zero-order valence-corrected chi connectivity index (χ0v) is 13.5. The highest BCUT2D eigenvalue weighted by atomic mass is 19.1. The summed E-state index contributed by atoms with van der Waals surface area (Å²) in [5.41, 5.74) is 1.30.